The molecule has 5 nitrogen and oxygen atoms in total. The maximum Gasteiger partial charge on any atom is 0.698 e. The first-order chi connectivity index (χ1) is 11.6. The van der Waals surface area contributed by atoms with Gasteiger partial charge in [-0.25, -0.2) is 0 Å². The molecule has 0 aliphatic carbocycles. The first-order valence-corrected chi connectivity index (χ1v) is 9.37. The summed E-state index contributed by atoms with van der Waals surface area (Å²) in [6, 6.07) is 0. The molecule has 0 saturated heterocycles. The van der Waals surface area contributed by atoms with E-state index in [1.165, 1.54) is 0 Å². The molecule has 0 N–H and O–H groups in total. The fourth-order valence-electron chi connectivity index (χ4n) is 1.44. The minimum atomic E-state index is -2.46. The number of Topliss-reactive ketones (excluding diaryl/α,β-unsaturated/α-hetero) is 2. The first kappa shape index (κ1) is 22.5. The zero-order valence-corrected chi connectivity index (χ0v) is 15.5. The van der Waals surface area contributed by atoms with Crippen LogP contribution in [0.5, 0.6) is 0 Å². The largest absolute Gasteiger partial charge is 0.698 e. The molecule has 0 aromatic carbocycles. The van der Waals surface area contributed by atoms with Gasteiger partial charge in [0.05, 0.1) is 0 Å². The highest BCUT2D eigenvalue weighted by molar-refractivity contribution is 7.33. The number of unbranched alkanes of at least 4 members (excludes halogenated alkanes) is 2. The molecule has 0 heterocycles. The lowest BCUT2D eigenvalue weighted by Gasteiger charge is -1.93. The topological polar surface area (TPSA) is 69.7 Å². The van der Waals surface area contributed by atoms with Gasteiger partial charge in [0.25, 0.3) is 0 Å². The highest BCUT2D eigenvalue weighted by Gasteiger charge is 2.23. The molecular weight excluding hydrogens is 327 g/mol. The van der Waals surface area contributed by atoms with Crippen LogP contribution in [0.25, 0.3) is 0 Å². The maximum atomic E-state index is 11.5. The van der Waals surface area contributed by atoms with Crippen LogP contribution in [0.4, 0.5) is 0 Å². The van der Waals surface area contributed by atoms with Gasteiger partial charge in [0.2, 0.25) is 0 Å². The summed E-state index contributed by atoms with van der Waals surface area (Å²) >= 11 is 0. The van der Waals surface area contributed by atoms with Crippen molar-refractivity contribution in [2.24, 2.45) is 0 Å². The van der Waals surface area contributed by atoms with Crippen molar-refractivity contribution < 1.29 is 23.2 Å². The molecule has 0 aliphatic rings. The predicted octanol–water partition coefficient (Wildman–Crippen LogP) is 3.98. The van der Waals surface area contributed by atoms with Gasteiger partial charge in [-0.15, -0.1) is 32.7 Å². The molecule has 0 radical (unpaired) electrons. The molecular formula is C18H26O5P+. The molecule has 0 aliphatic heterocycles. The fraction of sp³-hybridized carbons (Fsp3) is 0.667. The van der Waals surface area contributed by atoms with E-state index in [-0.39, 0.29) is 37.6 Å². The molecule has 24 heavy (non-hydrogen) atoms. The Morgan fingerprint density at radius 1 is 0.750 bits per heavy atom. The van der Waals surface area contributed by atoms with Crippen molar-refractivity contribution in [2.75, 3.05) is 13.2 Å². The summed E-state index contributed by atoms with van der Waals surface area (Å²) in [5.74, 6) is 11.3. The van der Waals surface area contributed by atoms with Crippen LogP contribution in [0.15, 0.2) is 0 Å². The number of hydrogen-bond donors (Lipinski definition) is 0. The van der Waals surface area contributed by atoms with Crippen LogP contribution in [0.1, 0.15) is 65.2 Å². The van der Waals surface area contributed by atoms with E-state index in [1.54, 1.807) is 0 Å². The minimum absolute atomic E-state index is 0.190. The van der Waals surface area contributed by atoms with Gasteiger partial charge in [-0.3, -0.25) is 9.59 Å². The summed E-state index contributed by atoms with van der Waals surface area (Å²) in [5, 5.41) is 0. The van der Waals surface area contributed by atoms with Gasteiger partial charge >= 0.3 is 8.25 Å². The number of ketones is 2. The lowest BCUT2D eigenvalue weighted by atomic mass is 10.2. The maximum absolute atomic E-state index is 11.5. The van der Waals surface area contributed by atoms with Gasteiger partial charge in [-0.1, -0.05) is 13.8 Å². The van der Waals surface area contributed by atoms with Crippen molar-refractivity contribution in [3.05, 3.63) is 0 Å². The standard InChI is InChI=1S/C18H26O5P/c1-3-5-7-9-11-13-17(19)15-22-24(21)23-16-18(20)14-12-10-8-6-4-2/h3-6,11-16H2,1-2H3/q+1. The van der Waals surface area contributed by atoms with E-state index < -0.39 is 8.25 Å². The Balaban J connectivity index is 3.72. The minimum Gasteiger partial charge on any atom is -0.297 e. The van der Waals surface area contributed by atoms with Crippen LogP contribution in [0.3, 0.4) is 0 Å². The summed E-state index contributed by atoms with van der Waals surface area (Å²) < 4.78 is 21.0. The van der Waals surface area contributed by atoms with E-state index >= 15 is 0 Å². The second-order valence-electron chi connectivity index (χ2n) is 5.05. The van der Waals surface area contributed by atoms with Gasteiger partial charge in [-0.05, 0) is 12.8 Å². The summed E-state index contributed by atoms with van der Waals surface area (Å²) in [6.45, 7) is 3.49. The van der Waals surface area contributed by atoms with Crippen molar-refractivity contribution in [3.8, 4) is 23.7 Å². The summed E-state index contributed by atoms with van der Waals surface area (Å²) in [6.07, 6.45) is 5.09. The van der Waals surface area contributed by atoms with Gasteiger partial charge in [0.15, 0.2) is 24.8 Å². The third-order valence-corrected chi connectivity index (χ3v) is 3.40. The second kappa shape index (κ2) is 16.3. The van der Waals surface area contributed by atoms with Gasteiger partial charge in [-0.2, -0.15) is 0 Å². The molecule has 132 valence electrons. The average Bonchev–Trinajstić information content (AvgIpc) is 2.57. The van der Waals surface area contributed by atoms with E-state index in [2.05, 4.69) is 23.7 Å². The molecule has 0 spiro atoms. The molecule has 6 heteroatoms. The quantitative estimate of drug-likeness (QED) is 0.392. The third-order valence-electron chi connectivity index (χ3n) is 2.72. The van der Waals surface area contributed by atoms with Crippen molar-refractivity contribution in [3.63, 3.8) is 0 Å². The van der Waals surface area contributed by atoms with Crippen LogP contribution in [0, 0.1) is 23.7 Å². The number of carbonyl (C=O) groups excluding carboxylic acids is 2. The Kier molecular flexibility index (Phi) is 15.3. The van der Waals surface area contributed by atoms with Gasteiger partial charge in [0, 0.05) is 43.1 Å². The third kappa shape index (κ3) is 15.4. The van der Waals surface area contributed by atoms with Gasteiger partial charge in [0.1, 0.15) is 0 Å². The average molecular weight is 353 g/mol. The zero-order valence-electron chi connectivity index (χ0n) is 14.6. The van der Waals surface area contributed by atoms with Crippen LogP contribution in [-0.2, 0) is 23.2 Å². The number of hydrogen-bond acceptors (Lipinski definition) is 5. The molecule has 0 amide bonds. The molecule has 0 unspecified atom stereocenters. The predicted molar refractivity (Wildman–Crippen MR) is 93.4 cm³/mol. The zero-order chi connectivity index (χ0) is 18.0. The molecule has 0 saturated carbocycles. The second-order valence-corrected chi connectivity index (χ2v) is 6.02. The molecule has 0 atom stereocenters. The van der Waals surface area contributed by atoms with Gasteiger partial charge < -0.3 is 0 Å². The Hall–Kier alpha value is -1.52. The van der Waals surface area contributed by atoms with E-state index in [0.717, 1.165) is 25.7 Å². The SMILES string of the molecule is CCCC#CCCC(=O)CO[P+](=O)OCC(=O)CCC#CCCC. The van der Waals surface area contributed by atoms with Crippen LogP contribution in [0.2, 0.25) is 0 Å². The lowest BCUT2D eigenvalue weighted by Crippen LogP contribution is -2.08. The molecule has 0 aromatic rings. The Labute approximate surface area is 145 Å². The van der Waals surface area contributed by atoms with Crippen molar-refractivity contribution in [1.29, 1.82) is 0 Å². The Morgan fingerprint density at radius 2 is 1.12 bits per heavy atom. The molecule has 0 bridgehead atoms. The Morgan fingerprint density at radius 3 is 1.50 bits per heavy atom. The van der Waals surface area contributed by atoms with E-state index in [9.17, 15) is 14.2 Å². The Bertz CT molecular complexity index is 473. The number of carbonyl (C=O) groups is 2. The molecule has 0 rings (SSSR count). The van der Waals surface area contributed by atoms with E-state index in [4.69, 9.17) is 9.05 Å². The van der Waals surface area contributed by atoms with Crippen LogP contribution >= 0.6 is 8.25 Å². The summed E-state index contributed by atoms with van der Waals surface area (Å²) in [5.41, 5.74) is 0. The first-order valence-electron chi connectivity index (χ1n) is 8.28. The van der Waals surface area contributed by atoms with Crippen molar-refractivity contribution >= 4 is 19.8 Å². The molecule has 0 fully saturated rings. The number of rotatable bonds is 12. The van der Waals surface area contributed by atoms with E-state index in [0.29, 0.717) is 12.8 Å². The molecule has 0 aromatic heterocycles. The fourth-order valence-corrected chi connectivity index (χ4v) is 2.01. The normalized spacial score (nSPS) is 9.42. The monoisotopic (exact) mass is 353 g/mol. The smallest absolute Gasteiger partial charge is 0.297 e. The lowest BCUT2D eigenvalue weighted by molar-refractivity contribution is -0.121. The summed E-state index contributed by atoms with van der Waals surface area (Å²) in [4.78, 5) is 23.0. The highest BCUT2D eigenvalue weighted by Crippen LogP contribution is 2.23. The highest BCUT2D eigenvalue weighted by atomic mass is 31.1. The van der Waals surface area contributed by atoms with Crippen molar-refractivity contribution in [1.82, 2.24) is 0 Å². The summed E-state index contributed by atoms with van der Waals surface area (Å²) in [7, 11) is -2.46. The van der Waals surface area contributed by atoms with E-state index in [1.807, 2.05) is 13.8 Å². The van der Waals surface area contributed by atoms with Crippen LogP contribution in [-0.4, -0.2) is 24.8 Å². The van der Waals surface area contributed by atoms with Crippen molar-refractivity contribution in [2.45, 2.75) is 65.2 Å². The van der Waals surface area contributed by atoms with Crippen LogP contribution < -0.4 is 0 Å².